The number of hydrogen-bond acceptors (Lipinski definition) is 6. The maximum Gasteiger partial charge on any atom is 0.276 e. The Hall–Kier alpha value is -3.43. The Labute approximate surface area is 183 Å². The van der Waals surface area contributed by atoms with Gasteiger partial charge in [-0.2, -0.15) is 0 Å². The topological polar surface area (TPSA) is 103 Å². The Morgan fingerprint density at radius 2 is 1.87 bits per heavy atom. The summed E-state index contributed by atoms with van der Waals surface area (Å²) in [6, 6.07) is 11.5. The monoisotopic (exact) mass is 456 g/mol. The van der Waals surface area contributed by atoms with E-state index in [4.69, 9.17) is 16.3 Å². The van der Waals surface area contributed by atoms with Crippen LogP contribution in [-0.4, -0.2) is 29.9 Å². The van der Waals surface area contributed by atoms with Crippen molar-refractivity contribution in [3.05, 3.63) is 82.0 Å². The van der Waals surface area contributed by atoms with E-state index in [1.807, 2.05) is 13.0 Å². The first-order chi connectivity index (χ1) is 14.8. The molecule has 0 radical (unpaired) electrons. The van der Waals surface area contributed by atoms with E-state index in [0.717, 1.165) is 5.56 Å². The van der Waals surface area contributed by atoms with Crippen molar-refractivity contribution in [2.75, 3.05) is 11.8 Å². The highest BCUT2D eigenvalue weighted by atomic mass is 35.5. The molecule has 0 aliphatic rings. The number of aromatic nitrogens is 3. The van der Waals surface area contributed by atoms with E-state index in [9.17, 15) is 13.2 Å². The molecule has 0 unspecified atom stereocenters. The lowest BCUT2D eigenvalue weighted by Crippen LogP contribution is -2.15. The van der Waals surface area contributed by atoms with Crippen LogP contribution in [0.2, 0.25) is 5.02 Å². The van der Waals surface area contributed by atoms with E-state index in [-0.39, 0.29) is 21.5 Å². The molecule has 1 N–H and O–H groups in total. The van der Waals surface area contributed by atoms with E-state index in [2.05, 4.69) is 14.7 Å². The number of sulfonamides is 1. The number of benzene rings is 1. The average Bonchev–Trinajstić information content (AvgIpc) is 2.76. The van der Waals surface area contributed by atoms with Crippen molar-refractivity contribution in [1.82, 2.24) is 14.4 Å². The van der Waals surface area contributed by atoms with Gasteiger partial charge in [-0.25, -0.2) is 18.4 Å². The summed E-state index contributed by atoms with van der Waals surface area (Å²) in [5.41, 5.74) is 2.19. The number of aryl methyl sites for hydroxylation is 1. The first-order valence-electron chi connectivity index (χ1n) is 9.09. The molecule has 0 aliphatic heterocycles. The summed E-state index contributed by atoms with van der Waals surface area (Å²) in [4.78, 5) is 20.8. The number of methoxy groups -OCH3 is 1. The van der Waals surface area contributed by atoms with Gasteiger partial charge in [-0.3, -0.25) is 13.9 Å². The molecule has 0 amide bonds. The molecule has 0 bridgehead atoms. The number of pyridine rings is 2. The van der Waals surface area contributed by atoms with Gasteiger partial charge in [-0.15, -0.1) is 0 Å². The molecule has 10 heteroatoms. The second-order valence-electron chi connectivity index (χ2n) is 6.76. The molecule has 0 spiro atoms. The summed E-state index contributed by atoms with van der Waals surface area (Å²) in [5.74, 6) is 0.114. The molecule has 3 heterocycles. The van der Waals surface area contributed by atoms with Crippen LogP contribution in [-0.2, 0) is 10.0 Å². The zero-order chi connectivity index (χ0) is 22.2. The van der Waals surface area contributed by atoms with Crippen LogP contribution in [0.1, 0.15) is 5.56 Å². The third kappa shape index (κ3) is 4.10. The number of nitrogens with one attached hydrogen (secondary N) is 1. The Balaban J connectivity index is 1.79. The SMILES string of the molecule is COc1ncc(-c2ccc3ncc(Cl)c(=O)n3c2)cc1NS(=O)(=O)c1cccc(C)c1. The van der Waals surface area contributed by atoms with Crippen molar-refractivity contribution >= 4 is 33.0 Å². The zero-order valence-corrected chi connectivity index (χ0v) is 18.1. The molecule has 4 rings (SSSR count). The summed E-state index contributed by atoms with van der Waals surface area (Å²) in [5, 5.41) is -0.00545. The summed E-state index contributed by atoms with van der Waals surface area (Å²) in [6.07, 6.45) is 4.39. The van der Waals surface area contributed by atoms with Crippen LogP contribution in [0.15, 0.2) is 70.7 Å². The first-order valence-corrected chi connectivity index (χ1v) is 11.0. The number of anilines is 1. The van der Waals surface area contributed by atoms with Crippen LogP contribution in [0.25, 0.3) is 16.8 Å². The standard InChI is InChI=1S/C21H17ClN4O4S/c1-13-4-3-5-16(8-13)31(28,29)25-18-9-15(10-24-20(18)30-2)14-6-7-19-23-11-17(22)21(27)26(19)12-14/h3-12,25H,1-2H3. The molecular weight excluding hydrogens is 440 g/mol. The predicted octanol–water partition coefficient (Wildman–Crippen LogP) is 3.53. The molecule has 8 nitrogen and oxygen atoms in total. The molecule has 0 saturated carbocycles. The third-order valence-corrected chi connectivity index (χ3v) is 6.20. The first kappa shape index (κ1) is 20.8. The van der Waals surface area contributed by atoms with Crippen molar-refractivity contribution in [3.8, 4) is 17.0 Å². The second-order valence-corrected chi connectivity index (χ2v) is 8.85. The Morgan fingerprint density at radius 1 is 1.06 bits per heavy atom. The van der Waals surface area contributed by atoms with Crippen LogP contribution < -0.4 is 15.0 Å². The molecule has 1 aromatic carbocycles. The van der Waals surface area contributed by atoms with Gasteiger partial charge in [0.1, 0.15) is 16.4 Å². The normalized spacial score (nSPS) is 11.5. The average molecular weight is 457 g/mol. The van der Waals surface area contributed by atoms with Gasteiger partial charge in [0.05, 0.1) is 18.2 Å². The maximum atomic E-state index is 12.9. The van der Waals surface area contributed by atoms with Crippen molar-refractivity contribution in [3.63, 3.8) is 0 Å². The molecule has 158 valence electrons. The Morgan fingerprint density at radius 3 is 2.61 bits per heavy atom. The summed E-state index contributed by atoms with van der Waals surface area (Å²) >= 11 is 5.89. The van der Waals surface area contributed by atoms with Gasteiger partial charge in [0, 0.05) is 23.5 Å². The van der Waals surface area contributed by atoms with E-state index >= 15 is 0 Å². The van der Waals surface area contributed by atoms with Crippen molar-refractivity contribution < 1.29 is 13.2 Å². The Kier molecular flexibility index (Phi) is 5.38. The number of rotatable bonds is 5. The minimum atomic E-state index is -3.87. The van der Waals surface area contributed by atoms with Crippen LogP contribution in [0, 0.1) is 6.92 Å². The van der Waals surface area contributed by atoms with Crippen LogP contribution >= 0.6 is 11.6 Å². The van der Waals surface area contributed by atoms with Gasteiger partial charge < -0.3 is 4.74 Å². The largest absolute Gasteiger partial charge is 0.480 e. The number of ether oxygens (including phenoxy) is 1. The van der Waals surface area contributed by atoms with Gasteiger partial charge in [0.15, 0.2) is 0 Å². The van der Waals surface area contributed by atoms with Gasteiger partial charge in [-0.05, 0) is 42.8 Å². The van der Waals surface area contributed by atoms with Crippen LogP contribution in [0.3, 0.4) is 0 Å². The highest BCUT2D eigenvalue weighted by Gasteiger charge is 2.18. The third-order valence-electron chi connectivity index (χ3n) is 4.58. The fourth-order valence-electron chi connectivity index (χ4n) is 3.06. The van der Waals surface area contributed by atoms with Crippen LogP contribution in [0.4, 0.5) is 5.69 Å². The highest BCUT2D eigenvalue weighted by Crippen LogP contribution is 2.30. The lowest BCUT2D eigenvalue weighted by Gasteiger charge is -2.13. The number of hydrogen-bond donors (Lipinski definition) is 1. The van der Waals surface area contributed by atoms with Gasteiger partial charge in [-0.1, -0.05) is 23.7 Å². The molecule has 0 fully saturated rings. The molecule has 4 aromatic rings. The van der Waals surface area contributed by atoms with Gasteiger partial charge in [0.2, 0.25) is 5.88 Å². The summed E-state index contributed by atoms with van der Waals surface area (Å²) in [6.45, 7) is 1.81. The van der Waals surface area contributed by atoms with Crippen molar-refractivity contribution in [2.24, 2.45) is 0 Å². The number of halogens is 1. The minimum absolute atomic E-state index is 0.00545. The van der Waals surface area contributed by atoms with Gasteiger partial charge in [0.25, 0.3) is 15.6 Å². The lowest BCUT2D eigenvalue weighted by atomic mass is 10.1. The molecule has 0 saturated heterocycles. The van der Waals surface area contributed by atoms with Gasteiger partial charge >= 0.3 is 0 Å². The van der Waals surface area contributed by atoms with E-state index in [1.54, 1.807) is 36.5 Å². The maximum absolute atomic E-state index is 12.9. The summed E-state index contributed by atoms with van der Waals surface area (Å²) < 4.78 is 34.8. The van der Waals surface area contributed by atoms with E-state index in [1.165, 1.54) is 30.0 Å². The molecule has 0 aliphatic carbocycles. The predicted molar refractivity (Wildman–Crippen MR) is 118 cm³/mol. The lowest BCUT2D eigenvalue weighted by molar-refractivity contribution is 0.400. The highest BCUT2D eigenvalue weighted by molar-refractivity contribution is 7.92. The van der Waals surface area contributed by atoms with E-state index < -0.39 is 15.6 Å². The van der Waals surface area contributed by atoms with Crippen molar-refractivity contribution in [2.45, 2.75) is 11.8 Å². The number of nitrogens with zero attached hydrogens (tertiary/aromatic N) is 3. The molecule has 31 heavy (non-hydrogen) atoms. The smallest absolute Gasteiger partial charge is 0.276 e. The fraction of sp³-hybridized carbons (Fsp3) is 0.0952. The Bertz CT molecular complexity index is 1470. The molecule has 3 aromatic heterocycles. The number of fused-ring (bicyclic) bond motifs is 1. The zero-order valence-electron chi connectivity index (χ0n) is 16.5. The quantitative estimate of drug-likeness (QED) is 0.493. The summed E-state index contributed by atoms with van der Waals surface area (Å²) in [7, 11) is -2.47. The molecular formula is C21H17ClN4O4S. The fourth-order valence-corrected chi connectivity index (χ4v) is 4.35. The minimum Gasteiger partial charge on any atom is -0.480 e. The van der Waals surface area contributed by atoms with Crippen LogP contribution in [0.5, 0.6) is 5.88 Å². The van der Waals surface area contributed by atoms with Crippen molar-refractivity contribution in [1.29, 1.82) is 0 Å². The molecule has 0 atom stereocenters. The van der Waals surface area contributed by atoms with E-state index in [0.29, 0.717) is 16.8 Å². The second kappa shape index (κ2) is 8.01.